The van der Waals surface area contributed by atoms with Gasteiger partial charge >= 0.3 is 0 Å². The highest BCUT2D eigenvalue weighted by Gasteiger charge is 2.15. The predicted molar refractivity (Wildman–Crippen MR) is 102 cm³/mol. The molecule has 0 amide bonds. The second kappa shape index (κ2) is 6.39. The summed E-state index contributed by atoms with van der Waals surface area (Å²) in [5.41, 5.74) is 7.45. The van der Waals surface area contributed by atoms with E-state index >= 15 is 0 Å². The Morgan fingerprint density at radius 3 is 2.33 bits per heavy atom. The fourth-order valence-corrected chi connectivity index (χ4v) is 4.12. The van der Waals surface area contributed by atoms with Gasteiger partial charge in [-0.15, -0.1) is 0 Å². The van der Waals surface area contributed by atoms with Crippen LogP contribution >= 0.6 is 0 Å². The fourth-order valence-electron chi connectivity index (χ4n) is 4.12. The van der Waals surface area contributed by atoms with Crippen molar-refractivity contribution >= 4 is 10.9 Å². The Morgan fingerprint density at radius 1 is 0.875 bits per heavy atom. The van der Waals surface area contributed by atoms with Crippen molar-refractivity contribution in [3.63, 3.8) is 0 Å². The van der Waals surface area contributed by atoms with E-state index in [1.54, 1.807) is 0 Å². The van der Waals surface area contributed by atoms with Gasteiger partial charge < -0.3 is 0 Å². The first-order chi connectivity index (χ1) is 11.7. The first-order valence-corrected chi connectivity index (χ1v) is 9.16. The van der Waals surface area contributed by atoms with Crippen LogP contribution in [0.25, 0.3) is 22.2 Å². The molecule has 0 N–H and O–H groups in total. The van der Waals surface area contributed by atoms with Crippen LogP contribution in [0.15, 0.2) is 48.5 Å². The lowest BCUT2D eigenvalue weighted by Crippen LogP contribution is -1.98. The Hall–Kier alpha value is -2.15. The predicted octanol–water partition coefficient (Wildman–Crippen LogP) is 6.25. The molecular weight excluding hydrogens is 290 g/mol. The molecule has 1 fully saturated rings. The Balaban J connectivity index is 1.70. The Morgan fingerprint density at radius 2 is 1.58 bits per heavy atom. The SMILES string of the molecule is Cc1cc(C)cc(-c2ccc3ccc(CC4CCCC4)cc3n2)c1. The molecule has 0 bridgehead atoms. The number of benzene rings is 2. The molecule has 0 spiro atoms. The average Bonchev–Trinajstić information content (AvgIpc) is 3.06. The van der Waals surface area contributed by atoms with E-state index in [4.69, 9.17) is 4.98 Å². The van der Waals surface area contributed by atoms with Gasteiger partial charge in [0.1, 0.15) is 0 Å². The van der Waals surface area contributed by atoms with E-state index in [1.165, 1.54) is 59.7 Å². The molecule has 1 nitrogen and oxygen atoms in total. The zero-order chi connectivity index (χ0) is 16.5. The largest absolute Gasteiger partial charge is 0.248 e. The van der Waals surface area contributed by atoms with E-state index in [0.717, 1.165) is 17.1 Å². The minimum Gasteiger partial charge on any atom is -0.248 e. The molecule has 2 aromatic carbocycles. The van der Waals surface area contributed by atoms with Crippen molar-refractivity contribution in [2.45, 2.75) is 46.0 Å². The number of aromatic nitrogens is 1. The highest BCUT2D eigenvalue weighted by atomic mass is 14.7. The summed E-state index contributed by atoms with van der Waals surface area (Å²) in [7, 11) is 0. The van der Waals surface area contributed by atoms with E-state index < -0.39 is 0 Å². The van der Waals surface area contributed by atoms with Crippen molar-refractivity contribution in [2.24, 2.45) is 5.92 Å². The molecule has 1 heteroatoms. The number of hydrogen-bond acceptors (Lipinski definition) is 1. The van der Waals surface area contributed by atoms with Crippen LogP contribution in [0, 0.1) is 19.8 Å². The number of hydrogen-bond donors (Lipinski definition) is 0. The zero-order valence-electron chi connectivity index (χ0n) is 14.7. The Kier molecular flexibility index (Phi) is 4.10. The van der Waals surface area contributed by atoms with Crippen molar-refractivity contribution in [2.75, 3.05) is 0 Å². The van der Waals surface area contributed by atoms with E-state index in [0.29, 0.717) is 0 Å². The van der Waals surface area contributed by atoms with Crippen LogP contribution in [-0.4, -0.2) is 4.98 Å². The summed E-state index contributed by atoms with van der Waals surface area (Å²) in [5.74, 6) is 0.880. The van der Waals surface area contributed by atoms with Crippen molar-refractivity contribution in [3.05, 3.63) is 65.2 Å². The highest BCUT2D eigenvalue weighted by molar-refractivity contribution is 5.82. The third-order valence-corrected chi connectivity index (χ3v) is 5.27. The van der Waals surface area contributed by atoms with Gasteiger partial charge in [-0.2, -0.15) is 0 Å². The van der Waals surface area contributed by atoms with E-state index in [-0.39, 0.29) is 0 Å². The van der Waals surface area contributed by atoms with Gasteiger partial charge in [-0.25, -0.2) is 4.98 Å². The number of rotatable bonds is 3. The lowest BCUT2D eigenvalue weighted by atomic mass is 9.97. The second-order valence-electron chi connectivity index (χ2n) is 7.45. The summed E-state index contributed by atoms with van der Waals surface area (Å²) in [5, 5.41) is 1.23. The average molecular weight is 315 g/mol. The van der Waals surface area contributed by atoms with Gasteiger partial charge in [-0.05, 0) is 56.0 Å². The van der Waals surface area contributed by atoms with Crippen LogP contribution in [0.2, 0.25) is 0 Å². The normalized spacial score (nSPS) is 15.2. The van der Waals surface area contributed by atoms with Crippen LogP contribution < -0.4 is 0 Å². The zero-order valence-corrected chi connectivity index (χ0v) is 14.7. The summed E-state index contributed by atoms with van der Waals surface area (Å²) in [4.78, 5) is 4.96. The van der Waals surface area contributed by atoms with Crippen LogP contribution in [0.5, 0.6) is 0 Å². The number of nitrogens with zero attached hydrogens (tertiary/aromatic N) is 1. The Labute approximate surface area is 144 Å². The van der Waals surface area contributed by atoms with Crippen LogP contribution in [0.1, 0.15) is 42.4 Å². The van der Waals surface area contributed by atoms with Crippen molar-refractivity contribution in [3.8, 4) is 11.3 Å². The molecule has 0 aliphatic heterocycles. The van der Waals surface area contributed by atoms with Crippen molar-refractivity contribution in [1.29, 1.82) is 0 Å². The third kappa shape index (κ3) is 3.21. The van der Waals surface area contributed by atoms with Crippen molar-refractivity contribution < 1.29 is 0 Å². The van der Waals surface area contributed by atoms with Gasteiger partial charge in [0, 0.05) is 10.9 Å². The van der Waals surface area contributed by atoms with E-state index in [1.807, 2.05) is 0 Å². The fraction of sp³-hybridized carbons (Fsp3) is 0.348. The van der Waals surface area contributed by atoms with Crippen LogP contribution in [0.4, 0.5) is 0 Å². The minimum atomic E-state index is 0.880. The monoisotopic (exact) mass is 315 g/mol. The Bertz CT molecular complexity index is 852. The maximum atomic E-state index is 4.96. The van der Waals surface area contributed by atoms with E-state index in [9.17, 15) is 0 Å². The number of pyridine rings is 1. The van der Waals surface area contributed by atoms with Crippen LogP contribution in [0.3, 0.4) is 0 Å². The maximum Gasteiger partial charge on any atom is 0.0712 e. The lowest BCUT2D eigenvalue weighted by Gasteiger charge is -2.10. The summed E-state index contributed by atoms with van der Waals surface area (Å²) in [6, 6.07) is 17.8. The van der Waals surface area contributed by atoms with Crippen molar-refractivity contribution in [1.82, 2.24) is 4.98 Å². The van der Waals surface area contributed by atoms with Gasteiger partial charge in [0.25, 0.3) is 0 Å². The molecule has 3 aromatic rings. The second-order valence-corrected chi connectivity index (χ2v) is 7.45. The molecule has 1 aliphatic rings. The topological polar surface area (TPSA) is 12.9 Å². The van der Waals surface area contributed by atoms with Gasteiger partial charge in [-0.1, -0.05) is 61.1 Å². The molecule has 24 heavy (non-hydrogen) atoms. The third-order valence-electron chi connectivity index (χ3n) is 5.27. The summed E-state index contributed by atoms with van der Waals surface area (Å²) >= 11 is 0. The molecule has 0 radical (unpaired) electrons. The first-order valence-electron chi connectivity index (χ1n) is 9.16. The molecule has 122 valence electrons. The van der Waals surface area contributed by atoms with E-state index in [2.05, 4.69) is 62.4 Å². The van der Waals surface area contributed by atoms with Crippen LogP contribution in [-0.2, 0) is 6.42 Å². The molecule has 1 heterocycles. The molecule has 0 atom stereocenters. The van der Waals surface area contributed by atoms with Gasteiger partial charge in [0.05, 0.1) is 11.2 Å². The maximum absolute atomic E-state index is 4.96. The van der Waals surface area contributed by atoms with Gasteiger partial charge in [0.15, 0.2) is 0 Å². The molecule has 1 saturated carbocycles. The molecule has 1 aliphatic carbocycles. The molecule has 4 rings (SSSR count). The summed E-state index contributed by atoms with van der Waals surface area (Å²) < 4.78 is 0. The standard InChI is InChI=1S/C23H25N/c1-16-11-17(2)13-21(12-16)22-10-9-20-8-7-19(15-23(20)24-22)14-18-5-3-4-6-18/h7-13,15,18H,3-6,14H2,1-2H3. The minimum absolute atomic E-state index is 0.880. The lowest BCUT2D eigenvalue weighted by molar-refractivity contribution is 0.547. The first kappa shape index (κ1) is 15.4. The van der Waals surface area contributed by atoms with Gasteiger partial charge in [-0.3, -0.25) is 0 Å². The molecule has 1 aromatic heterocycles. The molecular formula is C23H25N. The molecule has 0 saturated heterocycles. The molecule has 0 unspecified atom stereocenters. The number of fused-ring (bicyclic) bond motifs is 1. The summed E-state index contributed by atoms with van der Waals surface area (Å²) in [6.07, 6.45) is 6.83. The quantitative estimate of drug-likeness (QED) is 0.556. The number of aryl methyl sites for hydroxylation is 2. The van der Waals surface area contributed by atoms with Gasteiger partial charge in [0.2, 0.25) is 0 Å². The highest BCUT2D eigenvalue weighted by Crippen LogP contribution is 2.29. The summed E-state index contributed by atoms with van der Waals surface area (Å²) in [6.45, 7) is 4.30. The smallest absolute Gasteiger partial charge is 0.0712 e.